The highest BCUT2D eigenvalue weighted by molar-refractivity contribution is 7.17. The minimum absolute atomic E-state index is 0.0688. The van der Waals surface area contributed by atoms with E-state index in [4.69, 9.17) is 5.11 Å². The molecule has 1 aromatic heterocycles. The second kappa shape index (κ2) is 3.40. The Balaban J connectivity index is 2.83. The van der Waals surface area contributed by atoms with E-state index in [1.165, 1.54) is 17.4 Å². The fourth-order valence-electron chi connectivity index (χ4n) is 1.41. The molecule has 0 fully saturated rings. The average Bonchev–Trinajstić information content (AvgIpc) is 2.60. The molecule has 0 unspecified atom stereocenters. The lowest BCUT2D eigenvalue weighted by atomic mass is 10.1. The van der Waals surface area contributed by atoms with Crippen LogP contribution in [0.25, 0.3) is 10.1 Å². The van der Waals surface area contributed by atoms with Crippen LogP contribution in [0.5, 0.6) is 5.75 Å². The summed E-state index contributed by atoms with van der Waals surface area (Å²) in [6.07, 6.45) is 0.775. The molecule has 0 bridgehead atoms. The summed E-state index contributed by atoms with van der Waals surface area (Å²) in [5, 5.41) is 21.0. The fourth-order valence-corrected chi connectivity index (χ4v) is 2.46. The predicted molar refractivity (Wildman–Crippen MR) is 54.8 cm³/mol. The van der Waals surface area contributed by atoms with Crippen LogP contribution in [0.1, 0.15) is 15.9 Å². The van der Waals surface area contributed by atoms with Gasteiger partial charge in [0.1, 0.15) is 5.75 Å². The lowest BCUT2D eigenvalue weighted by molar-refractivity contribution is 0.112. The molecule has 0 amide bonds. The molecule has 2 aromatic rings. The van der Waals surface area contributed by atoms with Crippen LogP contribution in [0.15, 0.2) is 17.5 Å². The molecule has 0 aliphatic heterocycles. The first-order valence-electron chi connectivity index (χ1n) is 4.06. The highest BCUT2D eigenvalue weighted by Gasteiger charge is 2.10. The number of fused-ring (bicyclic) bond motifs is 1. The maximum absolute atomic E-state index is 10.6. The van der Waals surface area contributed by atoms with Gasteiger partial charge in [-0.3, -0.25) is 4.79 Å². The number of thiophene rings is 1. The van der Waals surface area contributed by atoms with Crippen LogP contribution in [0.3, 0.4) is 0 Å². The first-order valence-corrected chi connectivity index (χ1v) is 4.94. The van der Waals surface area contributed by atoms with Crippen molar-refractivity contribution in [2.45, 2.75) is 6.61 Å². The molecule has 0 atom stereocenters. The van der Waals surface area contributed by atoms with Crippen LogP contribution in [-0.2, 0) is 6.61 Å². The van der Waals surface area contributed by atoms with Crippen LogP contribution in [0.4, 0.5) is 0 Å². The molecule has 0 aliphatic rings. The first kappa shape index (κ1) is 9.18. The third-order valence-corrected chi connectivity index (χ3v) is 3.21. The molecular formula is C10H8O3S. The zero-order valence-electron chi connectivity index (χ0n) is 7.23. The van der Waals surface area contributed by atoms with Gasteiger partial charge >= 0.3 is 0 Å². The SMILES string of the molecule is O=Cc1csc2c(CO)c(O)ccc12. The monoisotopic (exact) mass is 208 g/mol. The lowest BCUT2D eigenvalue weighted by Crippen LogP contribution is -1.85. The third kappa shape index (κ3) is 1.20. The lowest BCUT2D eigenvalue weighted by Gasteiger charge is -2.01. The highest BCUT2D eigenvalue weighted by Crippen LogP contribution is 2.33. The Labute approximate surface area is 84.2 Å². The predicted octanol–water partition coefficient (Wildman–Crippen LogP) is 1.91. The number of rotatable bonds is 2. The maximum atomic E-state index is 10.6. The average molecular weight is 208 g/mol. The summed E-state index contributed by atoms with van der Waals surface area (Å²) in [6.45, 7) is -0.220. The van der Waals surface area contributed by atoms with E-state index in [1.807, 2.05) is 0 Å². The molecule has 1 heterocycles. The van der Waals surface area contributed by atoms with Crippen LogP contribution < -0.4 is 0 Å². The van der Waals surface area contributed by atoms with E-state index in [9.17, 15) is 9.90 Å². The molecule has 14 heavy (non-hydrogen) atoms. The number of benzene rings is 1. The van der Waals surface area contributed by atoms with Crippen LogP contribution in [0.2, 0.25) is 0 Å². The summed E-state index contributed by atoms with van der Waals surface area (Å²) in [5.74, 6) is 0.0688. The van der Waals surface area contributed by atoms with Crippen molar-refractivity contribution < 1.29 is 15.0 Å². The molecule has 0 aliphatic carbocycles. The van der Waals surface area contributed by atoms with Gasteiger partial charge in [0.2, 0.25) is 0 Å². The van der Waals surface area contributed by atoms with Crippen molar-refractivity contribution in [3.05, 3.63) is 28.6 Å². The van der Waals surface area contributed by atoms with E-state index >= 15 is 0 Å². The Bertz CT molecular complexity index is 487. The second-order valence-electron chi connectivity index (χ2n) is 2.91. The smallest absolute Gasteiger partial charge is 0.151 e. The number of hydrogen-bond acceptors (Lipinski definition) is 4. The molecule has 72 valence electrons. The zero-order chi connectivity index (χ0) is 10.1. The standard InChI is InChI=1S/C10H8O3S/c11-3-6-5-14-10-7(6)1-2-9(13)8(10)4-12/h1-3,5,12-13H,4H2. The minimum atomic E-state index is -0.220. The van der Waals surface area contributed by atoms with Crippen molar-refractivity contribution >= 4 is 27.7 Å². The number of phenols is 1. The summed E-state index contributed by atoms with van der Waals surface area (Å²) in [4.78, 5) is 10.6. The molecular weight excluding hydrogens is 200 g/mol. The Kier molecular flexibility index (Phi) is 2.23. The van der Waals surface area contributed by atoms with Gasteiger partial charge in [-0.2, -0.15) is 0 Å². The van der Waals surface area contributed by atoms with Gasteiger partial charge in [0.05, 0.1) is 6.61 Å². The molecule has 3 nitrogen and oxygen atoms in total. The van der Waals surface area contributed by atoms with Gasteiger partial charge in [-0.15, -0.1) is 11.3 Å². The zero-order valence-corrected chi connectivity index (χ0v) is 8.04. The summed E-state index contributed by atoms with van der Waals surface area (Å²) < 4.78 is 0.773. The number of hydrogen-bond donors (Lipinski definition) is 2. The van der Waals surface area contributed by atoms with E-state index in [-0.39, 0.29) is 12.4 Å². The normalized spacial score (nSPS) is 10.6. The molecule has 2 N–H and O–H groups in total. The molecule has 2 rings (SSSR count). The van der Waals surface area contributed by atoms with Crippen molar-refractivity contribution in [3.63, 3.8) is 0 Å². The van der Waals surface area contributed by atoms with Gasteiger partial charge in [0, 0.05) is 26.6 Å². The molecule has 4 heteroatoms. The summed E-state index contributed by atoms with van der Waals surface area (Å²) >= 11 is 1.35. The molecule has 0 spiro atoms. The molecule has 1 aromatic carbocycles. The number of aliphatic hydroxyl groups excluding tert-OH is 1. The van der Waals surface area contributed by atoms with Crippen LogP contribution in [0, 0.1) is 0 Å². The third-order valence-electron chi connectivity index (χ3n) is 2.14. The highest BCUT2D eigenvalue weighted by atomic mass is 32.1. The quantitative estimate of drug-likeness (QED) is 0.741. The van der Waals surface area contributed by atoms with Crippen LogP contribution in [-0.4, -0.2) is 16.5 Å². The molecule has 0 saturated carbocycles. The second-order valence-corrected chi connectivity index (χ2v) is 3.79. The Hall–Kier alpha value is -1.39. The summed E-state index contributed by atoms with van der Waals surface area (Å²) in [6, 6.07) is 3.18. The van der Waals surface area contributed by atoms with Gasteiger partial charge in [-0.25, -0.2) is 0 Å². The summed E-state index contributed by atoms with van der Waals surface area (Å²) in [7, 11) is 0. The van der Waals surface area contributed by atoms with Crippen molar-refractivity contribution in [3.8, 4) is 5.75 Å². The van der Waals surface area contributed by atoms with Crippen molar-refractivity contribution in [1.82, 2.24) is 0 Å². The van der Waals surface area contributed by atoms with E-state index in [0.29, 0.717) is 11.1 Å². The summed E-state index contributed by atoms with van der Waals surface area (Å²) in [5.41, 5.74) is 1.08. The number of carbonyl (C=O) groups is 1. The van der Waals surface area contributed by atoms with Crippen molar-refractivity contribution in [2.75, 3.05) is 0 Å². The Morgan fingerprint density at radius 3 is 2.86 bits per heavy atom. The van der Waals surface area contributed by atoms with Gasteiger partial charge in [-0.1, -0.05) is 0 Å². The first-order chi connectivity index (χ1) is 6.77. The van der Waals surface area contributed by atoms with E-state index in [1.54, 1.807) is 11.4 Å². The van der Waals surface area contributed by atoms with E-state index in [2.05, 4.69) is 0 Å². The molecule has 0 saturated heterocycles. The largest absolute Gasteiger partial charge is 0.508 e. The van der Waals surface area contributed by atoms with E-state index < -0.39 is 0 Å². The minimum Gasteiger partial charge on any atom is -0.508 e. The van der Waals surface area contributed by atoms with Crippen molar-refractivity contribution in [1.29, 1.82) is 0 Å². The Morgan fingerprint density at radius 2 is 2.21 bits per heavy atom. The van der Waals surface area contributed by atoms with Crippen molar-refractivity contribution in [2.24, 2.45) is 0 Å². The number of aromatic hydroxyl groups is 1. The van der Waals surface area contributed by atoms with E-state index in [0.717, 1.165) is 16.4 Å². The van der Waals surface area contributed by atoms with Gasteiger partial charge in [0.15, 0.2) is 6.29 Å². The van der Waals surface area contributed by atoms with Gasteiger partial charge in [-0.05, 0) is 12.1 Å². The number of aliphatic hydroxyl groups is 1. The number of carbonyl (C=O) groups excluding carboxylic acids is 1. The van der Waals surface area contributed by atoms with Gasteiger partial charge < -0.3 is 10.2 Å². The Morgan fingerprint density at radius 1 is 1.43 bits per heavy atom. The number of aldehydes is 1. The van der Waals surface area contributed by atoms with Crippen LogP contribution >= 0.6 is 11.3 Å². The fraction of sp³-hybridized carbons (Fsp3) is 0.100. The maximum Gasteiger partial charge on any atom is 0.151 e. The molecule has 0 radical (unpaired) electrons. The van der Waals surface area contributed by atoms with Gasteiger partial charge in [0.25, 0.3) is 0 Å². The topological polar surface area (TPSA) is 57.5 Å².